The Kier molecular flexibility index (Phi) is 38.3. The minimum Gasteiger partial charge on any atom is -0.480 e. The van der Waals surface area contributed by atoms with Gasteiger partial charge in [-0.25, -0.2) is 4.57 Å². The lowest BCUT2D eigenvalue weighted by Crippen LogP contribution is -2.34. The number of phosphoric ester groups is 1. The van der Waals surface area contributed by atoms with E-state index in [4.69, 9.17) is 24.8 Å². The van der Waals surface area contributed by atoms with Gasteiger partial charge in [0, 0.05) is 12.8 Å². The molecule has 0 radical (unpaired) electrons. The van der Waals surface area contributed by atoms with E-state index >= 15 is 0 Å². The van der Waals surface area contributed by atoms with E-state index < -0.39 is 51.1 Å². The van der Waals surface area contributed by atoms with Crippen LogP contribution in [-0.4, -0.2) is 59.9 Å². The van der Waals surface area contributed by atoms with Crippen LogP contribution in [0, 0.1) is 0 Å². The second-order valence-electron chi connectivity index (χ2n) is 15.2. The van der Waals surface area contributed by atoms with Crippen LogP contribution in [0.15, 0.2) is 24.3 Å². The van der Waals surface area contributed by atoms with Gasteiger partial charge in [-0.15, -0.1) is 0 Å². The number of nitrogens with two attached hydrogens (primary N) is 1. The van der Waals surface area contributed by atoms with Crippen molar-refractivity contribution in [1.29, 1.82) is 0 Å². The SMILES string of the molecule is CCCC/C=C/CCCCCCCCCCCC(=O)O[C@H](COC(=O)CCCCCCCCC/C=C/CCCCCCCC)COP(=O)(O)OC[C@H](N)C(=O)O. The van der Waals surface area contributed by atoms with E-state index in [0.717, 1.165) is 44.9 Å². The Balaban J connectivity index is 4.33. The van der Waals surface area contributed by atoms with Gasteiger partial charge in [-0.2, -0.15) is 0 Å². The molecule has 0 fully saturated rings. The topological polar surface area (TPSA) is 172 Å². The maximum absolute atomic E-state index is 12.6. The Labute approximate surface area is 340 Å². The molecule has 12 heteroatoms. The highest BCUT2D eigenvalue weighted by Crippen LogP contribution is 2.43. The molecular weight excluding hydrogens is 733 g/mol. The van der Waals surface area contributed by atoms with Crippen molar-refractivity contribution in [3.05, 3.63) is 24.3 Å². The number of carboxylic acids is 1. The van der Waals surface area contributed by atoms with Crippen LogP contribution >= 0.6 is 7.82 Å². The molecule has 0 aromatic heterocycles. The number of allylic oxidation sites excluding steroid dienone is 4. The molecule has 0 aliphatic carbocycles. The van der Waals surface area contributed by atoms with Gasteiger partial charge in [0.05, 0.1) is 13.2 Å². The molecule has 56 heavy (non-hydrogen) atoms. The van der Waals surface area contributed by atoms with Gasteiger partial charge < -0.3 is 25.2 Å². The molecule has 0 amide bonds. The first kappa shape index (κ1) is 54.0. The van der Waals surface area contributed by atoms with E-state index in [-0.39, 0.29) is 19.4 Å². The zero-order chi connectivity index (χ0) is 41.4. The molecule has 0 aromatic rings. The Morgan fingerprint density at radius 1 is 0.536 bits per heavy atom. The first-order chi connectivity index (χ1) is 27.1. The van der Waals surface area contributed by atoms with Crippen molar-refractivity contribution in [2.75, 3.05) is 19.8 Å². The number of carbonyl (C=O) groups excluding carboxylic acids is 2. The van der Waals surface area contributed by atoms with Crippen LogP contribution in [0.25, 0.3) is 0 Å². The Hall–Kier alpha value is -2.04. The summed E-state index contributed by atoms with van der Waals surface area (Å²) in [7, 11) is -4.71. The number of esters is 2. The third-order valence-corrected chi connectivity index (χ3v) is 10.6. The van der Waals surface area contributed by atoms with E-state index in [1.165, 1.54) is 122 Å². The zero-order valence-corrected chi connectivity index (χ0v) is 36.4. The lowest BCUT2D eigenvalue weighted by atomic mass is 10.1. The Morgan fingerprint density at radius 3 is 1.36 bits per heavy atom. The molecule has 1 unspecified atom stereocenters. The molecule has 328 valence electrons. The second-order valence-corrected chi connectivity index (χ2v) is 16.6. The first-order valence-electron chi connectivity index (χ1n) is 22.4. The molecular formula is C44H82NO10P. The van der Waals surface area contributed by atoms with Crippen LogP contribution < -0.4 is 5.73 Å². The van der Waals surface area contributed by atoms with Crippen molar-refractivity contribution in [2.45, 2.75) is 219 Å². The fourth-order valence-corrected chi connectivity index (χ4v) is 6.88. The smallest absolute Gasteiger partial charge is 0.472 e. The summed E-state index contributed by atoms with van der Waals surface area (Å²) in [5.41, 5.74) is 5.33. The molecule has 0 saturated heterocycles. The predicted octanol–water partition coefficient (Wildman–Crippen LogP) is 11.8. The summed E-state index contributed by atoms with van der Waals surface area (Å²) >= 11 is 0. The minimum absolute atomic E-state index is 0.160. The minimum atomic E-state index is -4.71. The van der Waals surface area contributed by atoms with Crippen LogP contribution in [0.4, 0.5) is 0 Å². The van der Waals surface area contributed by atoms with Crippen LogP contribution in [0.1, 0.15) is 206 Å². The third kappa shape index (κ3) is 38.8. The summed E-state index contributed by atoms with van der Waals surface area (Å²) in [4.78, 5) is 46.0. The summed E-state index contributed by atoms with van der Waals surface area (Å²) in [6, 6.07) is -1.52. The number of carboxylic acid groups (broad SMARTS) is 1. The summed E-state index contributed by atoms with van der Waals surface area (Å²) in [6.07, 6.45) is 40.9. The van der Waals surface area contributed by atoms with E-state index in [1.807, 2.05) is 0 Å². The van der Waals surface area contributed by atoms with Crippen molar-refractivity contribution in [3.8, 4) is 0 Å². The van der Waals surface area contributed by atoms with Crippen molar-refractivity contribution in [3.63, 3.8) is 0 Å². The van der Waals surface area contributed by atoms with Gasteiger partial charge in [0.25, 0.3) is 0 Å². The number of phosphoric acid groups is 1. The molecule has 0 aromatic carbocycles. The van der Waals surface area contributed by atoms with Gasteiger partial charge >= 0.3 is 25.7 Å². The maximum Gasteiger partial charge on any atom is 0.472 e. The monoisotopic (exact) mass is 816 g/mol. The third-order valence-electron chi connectivity index (χ3n) is 9.67. The van der Waals surface area contributed by atoms with Crippen molar-refractivity contribution in [1.82, 2.24) is 0 Å². The Morgan fingerprint density at radius 2 is 0.911 bits per heavy atom. The standard InChI is InChI=1S/C44H82NO10P/c1-3-5-7-9-11-13-15-17-19-20-22-23-25-27-29-31-33-35-42(46)52-37-40(38-53-56(50,51)54-39-41(45)44(48)49)55-43(47)36-34-32-30-28-26-24-21-18-16-14-12-10-8-6-4-2/h10,12,17,19,40-41H,3-9,11,13-16,18,20-39,45H2,1-2H3,(H,48,49)(H,50,51)/b12-10+,19-17+/t40-,41+/m1/s1. The number of carbonyl (C=O) groups is 3. The second kappa shape index (κ2) is 39.8. The molecule has 0 bridgehead atoms. The van der Waals surface area contributed by atoms with Crippen LogP contribution in [0.2, 0.25) is 0 Å². The van der Waals surface area contributed by atoms with Gasteiger partial charge in [-0.05, 0) is 57.8 Å². The highest BCUT2D eigenvalue weighted by Gasteiger charge is 2.28. The fraction of sp³-hybridized carbons (Fsp3) is 0.841. The van der Waals surface area contributed by atoms with Crippen LogP contribution in [0.5, 0.6) is 0 Å². The van der Waals surface area contributed by atoms with E-state index in [0.29, 0.717) is 12.8 Å². The number of aliphatic carboxylic acids is 1. The highest BCUT2D eigenvalue weighted by molar-refractivity contribution is 7.47. The van der Waals surface area contributed by atoms with Gasteiger partial charge in [0.2, 0.25) is 0 Å². The van der Waals surface area contributed by atoms with Crippen LogP contribution in [-0.2, 0) is 37.5 Å². The molecule has 0 aliphatic heterocycles. The molecule has 0 heterocycles. The zero-order valence-electron chi connectivity index (χ0n) is 35.5. The highest BCUT2D eigenvalue weighted by atomic mass is 31.2. The molecule has 3 atom stereocenters. The molecule has 0 aliphatic rings. The molecule has 11 nitrogen and oxygen atoms in total. The molecule has 0 spiro atoms. The van der Waals surface area contributed by atoms with Crippen molar-refractivity contribution < 1.29 is 47.5 Å². The number of ether oxygens (including phenoxy) is 2. The quantitative estimate of drug-likeness (QED) is 0.0232. The van der Waals surface area contributed by atoms with Gasteiger partial charge in [0.15, 0.2) is 6.10 Å². The lowest BCUT2D eigenvalue weighted by molar-refractivity contribution is -0.161. The molecule has 0 saturated carbocycles. The summed E-state index contributed by atoms with van der Waals surface area (Å²) in [6.45, 7) is 2.78. The summed E-state index contributed by atoms with van der Waals surface area (Å²) in [5, 5.41) is 8.89. The van der Waals surface area contributed by atoms with Crippen LogP contribution in [0.3, 0.4) is 0 Å². The fourth-order valence-electron chi connectivity index (χ4n) is 6.10. The number of hydrogen-bond donors (Lipinski definition) is 3. The maximum atomic E-state index is 12.6. The number of rotatable bonds is 42. The first-order valence-corrected chi connectivity index (χ1v) is 23.9. The van der Waals surface area contributed by atoms with Crippen molar-refractivity contribution >= 4 is 25.7 Å². The van der Waals surface area contributed by atoms with Gasteiger partial charge in [-0.1, -0.05) is 160 Å². The normalized spacial score (nSPS) is 13.9. The van der Waals surface area contributed by atoms with Crippen molar-refractivity contribution in [2.24, 2.45) is 5.73 Å². The number of unbranched alkanes of at least 4 members (excludes halogenated alkanes) is 24. The average molecular weight is 816 g/mol. The van der Waals surface area contributed by atoms with E-state index in [1.54, 1.807) is 0 Å². The summed E-state index contributed by atoms with van der Waals surface area (Å²) in [5.74, 6) is -2.38. The molecule has 0 rings (SSSR count). The largest absolute Gasteiger partial charge is 0.480 e. The predicted molar refractivity (Wildman–Crippen MR) is 226 cm³/mol. The van der Waals surface area contributed by atoms with E-state index in [2.05, 4.69) is 42.7 Å². The van der Waals surface area contributed by atoms with Gasteiger partial charge in [-0.3, -0.25) is 23.4 Å². The molecule has 4 N–H and O–H groups in total. The Bertz CT molecular complexity index is 1050. The van der Waals surface area contributed by atoms with Gasteiger partial charge in [0.1, 0.15) is 12.6 Å². The van der Waals surface area contributed by atoms with E-state index in [9.17, 15) is 23.8 Å². The number of hydrogen-bond acceptors (Lipinski definition) is 9. The summed E-state index contributed by atoms with van der Waals surface area (Å²) < 4.78 is 32.7. The average Bonchev–Trinajstić information content (AvgIpc) is 3.17. The lowest BCUT2D eigenvalue weighted by Gasteiger charge is -2.20.